The molecule has 0 aliphatic carbocycles. The predicted molar refractivity (Wildman–Crippen MR) is 75.1 cm³/mol. The lowest BCUT2D eigenvalue weighted by Crippen LogP contribution is -2.11. The van der Waals surface area contributed by atoms with Gasteiger partial charge in [-0.05, 0) is 62.4 Å². The number of hydrogen-bond donors (Lipinski definition) is 1. The fraction of sp³-hybridized carbons (Fsp3) is 0.250. The second kappa shape index (κ2) is 5.85. The summed E-state index contributed by atoms with van der Waals surface area (Å²) < 4.78 is 18.7. The molecule has 0 bridgehead atoms. The molecule has 0 saturated heterocycles. The normalized spacial score (nSPS) is 12.2. The Hall–Kier alpha value is -1.87. The summed E-state index contributed by atoms with van der Waals surface area (Å²) in [6.07, 6.45) is 0. The van der Waals surface area contributed by atoms with E-state index in [9.17, 15) is 4.39 Å². The van der Waals surface area contributed by atoms with Crippen LogP contribution >= 0.6 is 0 Å². The van der Waals surface area contributed by atoms with Crippen LogP contribution in [0, 0.1) is 12.7 Å². The van der Waals surface area contributed by atoms with Crippen molar-refractivity contribution in [3.05, 3.63) is 59.4 Å². The summed E-state index contributed by atoms with van der Waals surface area (Å²) >= 11 is 0. The standard InChI is InChI=1S/C16H18FNO/c1-11-10-14(17)6-9-16(11)19-15-7-4-13(5-8-15)12(2)18-3/h4-10,12,18H,1-3H3. The zero-order valence-corrected chi connectivity index (χ0v) is 11.4. The van der Waals surface area contributed by atoms with Crippen LogP contribution in [0.5, 0.6) is 11.5 Å². The van der Waals surface area contributed by atoms with Crippen LogP contribution in [0.25, 0.3) is 0 Å². The van der Waals surface area contributed by atoms with Crippen molar-refractivity contribution in [2.75, 3.05) is 7.05 Å². The molecular formula is C16H18FNO. The average Bonchev–Trinajstić information content (AvgIpc) is 2.42. The van der Waals surface area contributed by atoms with Crippen molar-refractivity contribution < 1.29 is 9.13 Å². The lowest BCUT2D eigenvalue weighted by atomic mass is 10.1. The summed E-state index contributed by atoms with van der Waals surface area (Å²) in [7, 11) is 1.93. The topological polar surface area (TPSA) is 21.3 Å². The van der Waals surface area contributed by atoms with E-state index in [1.807, 2.05) is 38.2 Å². The van der Waals surface area contributed by atoms with Crippen molar-refractivity contribution >= 4 is 0 Å². The Morgan fingerprint density at radius 2 is 1.79 bits per heavy atom. The van der Waals surface area contributed by atoms with E-state index >= 15 is 0 Å². The van der Waals surface area contributed by atoms with Crippen molar-refractivity contribution in [1.29, 1.82) is 0 Å². The van der Waals surface area contributed by atoms with E-state index in [0.717, 1.165) is 11.3 Å². The predicted octanol–water partition coefficient (Wildman–Crippen LogP) is 4.21. The Morgan fingerprint density at radius 1 is 1.11 bits per heavy atom. The second-order valence-electron chi connectivity index (χ2n) is 4.59. The number of ether oxygens (including phenoxy) is 1. The minimum absolute atomic E-state index is 0.247. The fourth-order valence-electron chi connectivity index (χ4n) is 1.85. The molecule has 1 N–H and O–H groups in total. The molecule has 0 fully saturated rings. The third-order valence-corrected chi connectivity index (χ3v) is 3.18. The highest BCUT2D eigenvalue weighted by atomic mass is 19.1. The monoisotopic (exact) mass is 259 g/mol. The van der Waals surface area contributed by atoms with E-state index in [0.29, 0.717) is 11.8 Å². The molecule has 0 heterocycles. The maximum atomic E-state index is 13.0. The summed E-state index contributed by atoms with van der Waals surface area (Å²) in [5.41, 5.74) is 1.98. The van der Waals surface area contributed by atoms with Gasteiger partial charge in [0.15, 0.2) is 0 Å². The molecule has 2 aromatic rings. The molecule has 0 aromatic heterocycles. The van der Waals surface area contributed by atoms with Crippen molar-refractivity contribution in [2.45, 2.75) is 19.9 Å². The molecule has 19 heavy (non-hydrogen) atoms. The maximum absolute atomic E-state index is 13.0. The van der Waals surface area contributed by atoms with Crippen LogP contribution < -0.4 is 10.1 Å². The van der Waals surface area contributed by atoms with Gasteiger partial charge in [-0.3, -0.25) is 0 Å². The first-order valence-electron chi connectivity index (χ1n) is 6.31. The Bertz CT molecular complexity index is 551. The molecule has 0 saturated carbocycles. The highest BCUT2D eigenvalue weighted by Crippen LogP contribution is 2.26. The van der Waals surface area contributed by atoms with Gasteiger partial charge in [0.05, 0.1) is 0 Å². The van der Waals surface area contributed by atoms with Crippen LogP contribution in [0.15, 0.2) is 42.5 Å². The van der Waals surface area contributed by atoms with Gasteiger partial charge in [-0.15, -0.1) is 0 Å². The molecule has 3 heteroatoms. The summed E-state index contributed by atoms with van der Waals surface area (Å²) in [6, 6.07) is 12.7. The van der Waals surface area contributed by atoms with Gasteiger partial charge in [0.1, 0.15) is 17.3 Å². The smallest absolute Gasteiger partial charge is 0.130 e. The summed E-state index contributed by atoms with van der Waals surface area (Å²) in [6.45, 7) is 3.93. The third kappa shape index (κ3) is 3.32. The Morgan fingerprint density at radius 3 is 2.37 bits per heavy atom. The zero-order chi connectivity index (χ0) is 13.8. The van der Waals surface area contributed by atoms with Gasteiger partial charge in [-0.25, -0.2) is 4.39 Å². The Labute approximate surface area is 113 Å². The average molecular weight is 259 g/mol. The first-order chi connectivity index (χ1) is 9.10. The number of benzene rings is 2. The summed E-state index contributed by atoms with van der Waals surface area (Å²) in [5.74, 6) is 1.18. The van der Waals surface area contributed by atoms with E-state index in [4.69, 9.17) is 4.74 Å². The quantitative estimate of drug-likeness (QED) is 0.888. The Balaban J connectivity index is 2.15. The maximum Gasteiger partial charge on any atom is 0.130 e. The van der Waals surface area contributed by atoms with Crippen LogP contribution in [0.3, 0.4) is 0 Å². The van der Waals surface area contributed by atoms with Crippen LogP contribution in [-0.4, -0.2) is 7.05 Å². The van der Waals surface area contributed by atoms with Gasteiger partial charge in [-0.1, -0.05) is 12.1 Å². The highest BCUT2D eigenvalue weighted by Gasteiger charge is 2.05. The van der Waals surface area contributed by atoms with E-state index < -0.39 is 0 Å². The number of hydrogen-bond acceptors (Lipinski definition) is 2. The minimum atomic E-state index is -0.247. The molecule has 2 aromatic carbocycles. The number of halogens is 1. The van der Waals surface area contributed by atoms with Crippen molar-refractivity contribution in [2.24, 2.45) is 0 Å². The van der Waals surface area contributed by atoms with Gasteiger partial charge in [0, 0.05) is 6.04 Å². The molecule has 0 aliphatic rings. The molecule has 0 spiro atoms. The zero-order valence-electron chi connectivity index (χ0n) is 11.4. The first-order valence-corrected chi connectivity index (χ1v) is 6.31. The van der Waals surface area contributed by atoms with Crippen molar-refractivity contribution in [3.8, 4) is 11.5 Å². The van der Waals surface area contributed by atoms with E-state index in [2.05, 4.69) is 12.2 Å². The third-order valence-electron chi connectivity index (χ3n) is 3.18. The van der Waals surface area contributed by atoms with Gasteiger partial charge >= 0.3 is 0 Å². The van der Waals surface area contributed by atoms with Gasteiger partial charge in [-0.2, -0.15) is 0 Å². The molecule has 1 unspecified atom stereocenters. The fourth-order valence-corrected chi connectivity index (χ4v) is 1.85. The summed E-state index contributed by atoms with van der Waals surface area (Å²) in [4.78, 5) is 0. The molecule has 1 atom stereocenters. The van der Waals surface area contributed by atoms with Gasteiger partial charge in [0.25, 0.3) is 0 Å². The molecule has 0 radical (unpaired) electrons. The van der Waals surface area contributed by atoms with Crippen molar-refractivity contribution in [1.82, 2.24) is 5.32 Å². The molecule has 2 rings (SSSR count). The van der Waals surface area contributed by atoms with Crippen LogP contribution in [0.1, 0.15) is 24.1 Å². The second-order valence-corrected chi connectivity index (χ2v) is 4.59. The van der Waals surface area contributed by atoms with E-state index in [-0.39, 0.29) is 5.82 Å². The van der Waals surface area contributed by atoms with Crippen LogP contribution in [0.4, 0.5) is 4.39 Å². The van der Waals surface area contributed by atoms with Crippen LogP contribution in [-0.2, 0) is 0 Å². The first kappa shape index (κ1) is 13.6. The van der Waals surface area contributed by atoms with Gasteiger partial charge in [0.2, 0.25) is 0 Å². The molecular weight excluding hydrogens is 241 g/mol. The molecule has 0 aliphatic heterocycles. The number of aryl methyl sites for hydroxylation is 1. The molecule has 0 amide bonds. The SMILES string of the molecule is CNC(C)c1ccc(Oc2ccc(F)cc2C)cc1. The summed E-state index contributed by atoms with van der Waals surface area (Å²) in [5, 5.41) is 3.18. The lowest BCUT2D eigenvalue weighted by Gasteiger charge is -2.12. The number of rotatable bonds is 4. The van der Waals surface area contributed by atoms with Crippen LogP contribution in [0.2, 0.25) is 0 Å². The largest absolute Gasteiger partial charge is 0.457 e. The van der Waals surface area contributed by atoms with Crippen molar-refractivity contribution in [3.63, 3.8) is 0 Å². The minimum Gasteiger partial charge on any atom is -0.457 e. The van der Waals surface area contributed by atoms with E-state index in [1.54, 1.807) is 6.07 Å². The number of nitrogens with one attached hydrogen (secondary N) is 1. The van der Waals surface area contributed by atoms with E-state index in [1.165, 1.54) is 17.7 Å². The van der Waals surface area contributed by atoms with Gasteiger partial charge < -0.3 is 10.1 Å². The molecule has 100 valence electrons. The highest BCUT2D eigenvalue weighted by molar-refractivity contribution is 5.38. The lowest BCUT2D eigenvalue weighted by molar-refractivity contribution is 0.476. The Kier molecular flexibility index (Phi) is 4.17. The molecule has 2 nitrogen and oxygen atoms in total.